The van der Waals surface area contributed by atoms with Crippen LogP contribution in [0.2, 0.25) is 6.04 Å². The Morgan fingerprint density at radius 3 is 1.71 bits per heavy atom. The third-order valence-corrected chi connectivity index (χ3v) is 5.24. The number of hydrogen-bond donors (Lipinski definition) is 1. The van der Waals surface area contributed by atoms with Gasteiger partial charge in [0.05, 0.1) is 0 Å². The zero-order valence-corrected chi connectivity index (χ0v) is 11.2. The van der Waals surface area contributed by atoms with Gasteiger partial charge in [-0.25, -0.2) is 0 Å². The lowest BCUT2D eigenvalue weighted by molar-refractivity contribution is 0.203. The normalized spacial score (nSPS) is 12.4. The van der Waals surface area contributed by atoms with Crippen LogP contribution in [-0.4, -0.2) is 28.0 Å². The van der Waals surface area contributed by atoms with E-state index in [0.717, 1.165) is 32.1 Å². The van der Waals surface area contributed by atoms with Gasteiger partial charge >= 0.3 is 9.28 Å². The summed E-state index contributed by atoms with van der Waals surface area (Å²) in [5.41, 5.74) is 6.15. The van der Waals surface area contributed by atoms with E-state index in [-0.39, 0.29) is 5.54 Å². The number of rotatable bonds is 8. The topological polar surface area (TPSA) is 44.5 Å². The summed E-state index contributed by atoms with van der Waals surface area (Å²) < 4.78 is 11.2. The predicted molar refractivity (Wildman–Crippen MR) is 62.7 cm³/mol. The van der Waals surface area contributed by atoms with Gasteiger partial charge in [0.25, 0.3) is 0 Å². The minimum absolute atomic E-state index is 0.0821. The highest BCUT2D eigenvalue weighted by molar-refractivity contribution is 6.44. The number of hydrogen-bond acceptors (Lipinski definition) is 3. The summed E-state index contributed by atoms with van der Waals surface area (Å²) in [6.07, 6.45) is 1.99. The minimum Gasteiger partial charge on any atom is -0.397 e. The zero-order valence-electron chi connectivity index (χ0n) is 10.0. The van der Waals surface area contributed by atoms with E-state index < -0.39 is 9.28 Å². The molecule has 14 heavy (non-hydrogen) atoms. The van der Waals surface area contributed by atoms with E-state index in [0.29, 0.717) is 0 Å². The fourth-order valence-corrected chi connectivity index (χ4v) is 3.73. The monoisotopic (exact) mass is 219 g/mol. The minimum atomic E-state index is -1.52. The molecule has 86 valence electrons. The summed E-state index contributed by atoms with van der Waals surface area (Å²) >= 11 is 0. The molecule has 2 N–H and O–H groups in total. The van der Waals surface area contributed by atoms with Gasteiger partial charge in [-0.05, 0) is 26.7 Å². The van der Waals surface area contributed by atoms with Crippen molar-refractivity contribution in [3.63, 3.8) is 0 Å². The first-order valence-corrected chi connectivity index (χ1v) is 7.39. The Balaban J connectivity index is 4.10. The number of nitrogens with two attached hydrogens (primary N) is 1. The molecular weight excluding hydrogens is 194 g/mol. The van der Waals surface area contributed by atoms with Crippen LogP contribution in [0.15, 0.2) is 0 Å². The van der Waals surface area contributed by atoms with Crippen LogP contribution in [-0.2, 0) is 8.85 Å². The second kappa shape index (κ2) is 7.40. The van der Waals surface area contributed by atoms with Crippen molar-refractivity contribution < 1.29 is 8.85 Å². The first-order valence-electron chi connectivity index (χ1n) is 5.63. The highest BCUT2D eigenvalue weighted by atomic mass is 28.3. The molecule has 0 saturated carbocycles. The molecule has 0 aromatic heterocycles. The van der Waals surface area contributed by atoms with E-state index in [4.69, 9.17) is 14.6 Å². The summed E-state index contributed by atoms with van der Waals surface area (Å²) in [6.45, 7) is 9.75. The van der Waals surface area contributed by atoms with E-state index >= 15 is 0 Å². The second-order valence-corrected chi connectivity index (χ2v) is 5.55. The van der Waals surface area contributed by atoms with Crippen LogP contribution in [0, 0.1) is 0 Å². The Kier molecular flexibility index (Phi) is 7.45. The van der Waals surface area contributed by atoms with Crippen LogP contribution in [0.4, 0.5) is 0 Å². The molecule has 3 nitrogen and oxygen atoms in total. The van der Waals surface area contributed by atoms with Crippen molar-refractivity contribution >= 4 is 9.28 Å². The molecule has 0 bridgehead atoms. The molecule has 0 aromatic carbocycles. The van der Waals surface area contributed by atoms with E-state index in [1.54, 1.807) is 0 Å². The van der Waals surface area contributed by atoms with Gasteiger partial charge in [0, 0.05) is 24.8 Å². The second-order valence-electron chi connectivity index (χ2n) is 3.61. The standard InChI is InChI=1S/C10H25NO2Si/c1-5-10(11,6-2)9-14(12-7-3)13-8-4/h14H,5-9,11H2,1-4H3. The van der Waals surface area contributed by atoms with Crippen LogP contribution >= 0.6 is 0 Å². The molecule has 0 rings (SSSR count). The molecule has 0 atom stereocenters. The first kappa shape index (κ1) is 14.1. The molecule has 0 spiro atoms. The molecule has 0 fully saturated rings. The van der Waals surface area contributed by atoms with Gasteiger partial charge < -0.3 is 14.6 Å². The fraction of sp³-hybridized carbons (Fsp3) is 1.00. The fourth-order valence-electron chi connectivity index (χ4n) is 1.41. The highest BCUT2D eigenvalue weighted by Crippen LogP contribution is 2.19. The van der Waals surface area contributed by atoms with Gasteiger partial charge in [0.15, 0.2) is 0 Å². The van der Waals surface area contributed by atoms with Crippen LogP contribution in [0.5, 0.6) is 0 Å². The molecule has 0 unspecified atom stereocenters. The Morgan fingerprint density at radius 2 is 1.43 bits per heavy atom. The molecule has 0 aliphatic heterocycles. The van der Waals surface area contributed by atoms with Crippen molar-refractivity contribution in [2.45, 2.75) is 52.1 Å². The maximum Gasteiger partial charge on any atom is 0.323 e. The zero-order chi connectivity index (χ0) is 11.0. The summed E-state index contributed by atoms with van der Waals surface area (Å²) in [4.78, 5) is 0. The summed E-state index contributed by atoms with van der Waals surface area (Å²) in [5.74, 6) is 0. The van der Waals surface area contributed by atoms with Gasteiger partial charge in [0.1, 0.15) is 0 Å². The average molecular weight is 219 g/mol. The van der Waals surface area contributed by atoms with Crippen molar-refractivity contribution in [2.75, 3.05) is 13.2 Å². The lowest BCUT2D eigenvalue weighted by Gasteiger charge is -2.29. The SMILES string of the molecule is CCO[SiH](CC(N)(CC)CC)OCC. The van der Waals surface area contributed by atoms with Crippen molar-refractivity contribution in [2.24, 2.45) is 5.73 Å². The molecule has 0 radical (unpaired) electrons. The molecule has 0 saturated heterocycles. The van der Waals surface area contributed by atoms with Gasteiger partial charge in [-0.3, -0.25) is 0 Å². The van der Waals surface area contributed by atoms with E-state index in [1.807, 2.05) is 13.8 Å². The van der Waals surface area contributed by atoms with Crippen molar-refractivity contribution in [1.82, 2.24) is 0 Å². The maximum atomic E-state index is 6.23. The quantitative estimate of drug-likeness (QED) is 0.633. The van der Waals surface area contributed by atoms with Crippen molar-refractivity contribution in [1.29, 1.82) is 0 Å². The Morgan fingerprint density at radius 1 is 1.00 bits per heavy atom. The van der Waals surface area contributed by atoms with E-state index in [1.165, 1.54) is 0 Å². The van der Waals surface area contributed by atoms with E-state index in [9.17, 15) is 0 Å². The van der Waals surface area contributed by atoms with Crippen molar-refractivity contribution in [3.8, 4) is 0 Å². The Bertz CT molecular complexity index is 134. The predicted octanol–water partition coefficient (Wildman–Crippen LogP) is 1.80. The molecule has 4 heteroatoms. The van der Waals surface area contributed by atoms with Gasteiger partial charge in [-0.15, -0.1) is 0 Å². The third-order valence-electron chi connectivity index (χ3n) is 2.69. The third kappa shape index (κ3) is 5.10. The molecule has 0 heterocycles. The Labute approximate surface area is 89.8 Å². The Hall–Kier alpha value is 0.0969. The van der Waals surface area contributed by atoms with Crippen LogP contribution in [0.1, 0.15) is 40.5 Å². The lowest BCUT2D eigenvalue weighted by Crippen LogP contribution is -2.44. The van der Waals surface area contributed by atoms with Crippen LogP contribution in [0.25, 0.3) is 0 Å². The maximum absolute atomic E-state index is 6.23. The largest absolute Gasteiger partial charge is 0.397 e. The smallest absolute Gasteiger partial charge is 0.323 e. The molecular formula is C10H25NO2Si. The van der Waals surface area contributed by atoms with Crippen molar-refractivity contribution in [3.05, 3.63) is 0 Å². The van der Waals surface area contributed by atoms with Crippen LogP contribution in [0.3, 0.4) is 0 Å². The lowest BCUT2D eigenvalue weighted by atomic mass is 9.97. The highest BCUT2D eigenvalue weighted by Gasteiger charge is 2.27. The first-order chi connectivity index (χ1) is 6.61. The summed E-state index contributed by atoms with van der Waals surface area (Å²) in [6, 6.07) is 0.918. The van der Waals surface area contributed by atoms with Gasteiger partial charge in [0.2, 0.25) is 0 Å². The summed E-state index contributed by atoms with van der Waals surface area (Å²) in [7, 11) is -1.52. The van der Waals surface area contributed by atoms with Gasteiger partial charge in [-0.2, -0.15) is 0 Å². The van der Waals surface area contributed by atoms with Crippen LogP contribution < -0.4 is 5.73 Å². The molecule has 0 aromatic rings. The molecule has 0 aliphatic carbocycles. The molecule has 0 amide bonds. The van der Waals surface area contributed by atoms with Gasteiger partial charge in [-0.1, -0.05) is 13.8 Å². The van der Waals surface area contributed by atoms with E-state index in [2.05, 4.69) is 13.8 Å². The summed E-state index contributed by atoms with van der Waals surface area (Å²) in [5, 5.41) is 0. The average Bonchev–Trinajstić information content (AvgIpc) is 2.18. The molecule has 0 aliphatic rings.